The van der Waals surface area contributed by atoms with Gasteiger partial charge in [0.05, 0.1) is 30.7 Å². The van der Waals surface area contributed by atoms with Gasteiger partial charge in [0.15, 0.2) is 0 Å². The van der Waals surface area contributed by atoms with Crippen LogP contribution in [0.15, 0.2) is 0 Å². The molecule has 0 rings (SSSR count). The molecule has 0 aliphatic rings. The summed E-state index contributed by atoms with van der Waals surface area (Å²) in [7, 11) is 8.19. The van der Waals surface area contributed by atoms with E-state index in [-0.39, 0.29) is 16.0 Å². The highest BCUT2D eigenvalue weighted by molar-refractivity contribution is 6.20. The van der Waals surface area contributed by atoms with Crippen LogP contribution in [-0.4, -0.2) is 73.0 Å². The Hall–Kier alpha value is 0.491. The van der Waals surface area contributed by atoms with Crippen molar-refractivity contribution in [3.63, 3.8) is 0 Å². The molecule has 7 heteroatoms. The van der Waals surface area contributed by atoms with E-state index in [0.717, 1.165) is 50.0 Å². The zero-order valence-electron chi connectivity index (χ0n) is 14.3. The highest BCUT2D eigenvalue weighted by Gasteiger charge is 2.50. The number of methoxy groups -OCH3 is 3. The van der Waals surface area contributed by atoms with Gasteiger partial charge in [-0.25, -0.2) is 4.90 Å². The van der Waals surface area contributed by atoms with Gasteiger partial charge in [-0.05, 0) is 19.3 Å². The van der Waals surface area contributed by atoms with Crippen LogP contribution in [0.5, 0.6) is 0 Å². The fourth-order valence-corrected chi connectivity index (χ4v) is 6.86. The first-order valence-corrected chi connectivity index (χ1v) is 10.2. The molecule has 4 nitrogen and oxygen atoms in total. The smallest absolute Gasteiger partial charge is 0.100 e. The second kappa shape index (κ2) is 7.49. The Balaban J connectivity index is 5.88. The second-order valence-electron chi connectivity index (χ2n) is 5.53. The molecule has 0 saturated heterocycles. The molecule has 0 saturated carbocycles. The average molecular weight is 324 g/mol. The van der Waals surface area contributed by atoms with Crippen molar-refractivity contribution in [1.29, 1.82) is 0 Å². The van der Waals surface area contributed by atoms with Crippen molar-refractivity contribution in [1.82, 2.24) is 4.90 Å². The van der Waals surface area contributed by atoms with Crippen molar-refractivity contribution in [2.75, 3.05) is 21.3 Å². The summed E-state index contributed by atoms with van der Waals surface area (Å²) >= 11 is 0. The van der Waals surface area contributed by atoms with E-state index in [9.17, 15) is 0 Å². The molecule has 0 bridgehead atoms. The minimum atomic E-state index is -0.235. The largest absolute Gasteiger partial charge is 0.368 e. The molecule has 0 aromatic heterocycles. The molecule has 0 spiro atoms. The Morgan fingerprint density at radius 2 is 0.895 bits per heavy atom. The highest BCUT2D eigenvalue weighted by Crippen LogP contribution is 2.36. The standard InChI is InChI=1S/C12H33NO3Si3/c1-7-10(17,14-4)13(11(18,8-2)15-5)12(19,9-3)16-6/h7-9H2,1-6,17-19H3. The summed E-state index contributed by atoms with van der Waals surface area (Å²) in [6, 6.07) is 0. The number of rotatable bonds is 9. The van der Waals surface area contributed by atoms with Gasteiger partial charge in [0.25, 0.3) is 0 Å². The van der Waals surface area contributed by atoms with Crippen LogP contribution >= 0.6 is 0 Å². The van der Waals surface area contributed by atoms with Gasteiger partial charge in [-0.1, -0.05) is 20.8 Å². The molecule has 0 aliphatic heterocycles. The molecule has 3 unspecified atom stereocenters. The molecular formula is C12H33NO3Si3. The van der Waals surface area contributed by atoms with Crippen molar-refractivity contribution in [2.24, 2.45) is 0 Å². The summed E-state index contributed by atoms with van der Waals surface area (Å²) in [6.45, 7) is 6.55. The van der Waals surface area contributed by atoms with Crippen molar-refractivity contribution in [3.05, 3.63) is 0 Å². The molecule has 0 aromatic rings. The fraction of sp³-hybridized carbons (Fsp3) is 1.00. The lowest BCUT2D eigenvalue weighted by atomic mass is 10.2. The van der Waals surface area contributed by atoms with Gasteiger partial charge in [0.2, 0.25) is 0 Å². The van der Waals surface area contributed by atoms with Crippen LogP contribution < -0.4 is 0 Å². The van der Waals surface area contributed by atoms with E-state index >= 15 is 0 Å². The third-order valence-electron chi connectivity index (χ3n) is 4.71. The summed E-state index contributed by atoms with van der Waals surface area (Å²) in [6.07, 6.45) is 2.86. The third-order valence-corrected chi connectivity index (χ3v) is 9.39. The minimum Gasteiger partial charge on any atom is -0.368 e. The number of nitrogens with zero attached hydrogens (tertiary/aromatic N) is 1. The first-order valence-electron chi connectivity index (χ1n) is 7.19. The van der Waals surface area contributed by atoms with E-state index in [1.165, 1.54) is 0 Å². The summed E-state index contributed by atoms with van der Waals surface area (Å²) in [5.41, 5.74) is 0. The molecule has 19 heavy (non-hydrogen) atoms. The minimum absolute atomic E-state index is 0.235. The van der Waals surface area contributed by atoms with Gasteiger partial charge in [-0.2, -0.15) is 0 Å². The van der Waals surface area contributed by atoms with Crippen LogP contribution in [0.3, 0.4) is 0 Å². The Kier molecular flexibility index (Phi) is 7.68. The summed E-state index contributed by atoms with van der Waals surface area (Å²) in [5, 5.41) is -0.704. The topological polar surface area (TPSA) is 30.9 Å². The number of hydrogen-bond donors (Lipinski definition) is 0. The van der Waals surface area contributed by atoms with Gasteiger partial charge in [0.1, 0.15) is 16.0 Å². The Labute approximate surface area is 127 Å². The molecule has 0 fully saturated rings. The molecule has 0 amide bonds. The maximum atomic E-state index is 5.92. The van der Waals surface area contributed by atoms with E-state index in [4.69, 9.17) is 14.2 Å². The van der Waals surface area contributed by atoms with Crippen LogP contribution in [0.2, 0.25) is 0 Å². The Morgan fingerprint density at radius 1 is 0.684 bits per heavy atom. The zero-order valence-corrected chi connectivity index (χ0v) is 20.3. The highest BCUT2D eigenvalue weighted by atomic mass is 28.2. The van der Waals surface area contributed by atoms with Gasteiger partial charge in [-0.15, -0.1) is 0 Å². The average Bonchev–Trinajstić information content (AvgIpc) is 2.46. The zero-order chi connectivity index (χ0) is 15.3. The predicted octanol–water partition coefficient (Wildman–Crippen LogP) is -1.48. The first-order chi connectivity index (χ1) is 8.73. The normalized spacial score (nSPS) is 22.3. The van der Waals surface area contributed by atoms with Crippen LogP contribution in [0, 0.1) is 0 Å². The van der Waals surface area contributed by atoms with E-state index in [1.54, 1.807) is 0 Å². The quantitative estimate of drug-likeness (QED) is 0.382. The lowest BCUT2D eigenvalue weighted by Gasteiger charge is -2.57. The van der Waals surface area contributed by atoms with Crippen LogP contribution in [-0.2, 0) is 14.2 Å². The summed E-state index contributed by atoms with van der Waals surface area (Å²) < 4.78 is 17.8. The lowest BCUT2D eigenvalue weighted by Crippen LogP contribution is -2.72. The van der Waals surface area contributed by atoms with Crippen molar-refractivity contribution in [2.45, 2.75) is 56.1 Å². The molecule has 3 atom stereocenters. The predicted molar refractivity (Wildman–Crippen MR) is 91.7 cm³/mol. The van der Waals surface area contributed by atoms with E-state index in [1.807, 2.05) is 21.3 Å². The maximum Gasteiger partial charge on any atom is 0.100 e. The van der Waals surface area contributed by atoms with Gasteiger partial charge < -0.3 is 14.2 Å². The van der Waals surface area contributed by atoms with Crippen molar-refractivity contribution < 1.29 is 14.2 Å². The number of hydrogen-bond acceptors (Lipinski definition) is 4. The van der Waals surface area contributed by atoms with Gasteiger partial charge >= 0.3 is 0 Å². The molecule has 0 aliphatic carbocycles. The van der Waals surface area contributed by atoms with Crippen LogP contribution in [0.25, 0.3) is 0 Å². The Bertz CT molecular complexity index is 224. The van der Waals surface area contributed by atoms with Crippen molar-refractivity contribution >= 4 is 30.7 Å². The molecule has 0 N–H and O–H groups in total. The summed E-state index contributed by atoms with van der Waals surface area (Å²) in [4.78, 5) is 2.41. The fourth-order valence-electron chi connectivity index (χ4n) is 2.68. The molecule has 0 radical (unpaired) electrons. The van der Waals surface area contributed by atoms with Crippen molar-refractivity contribution in [3.8, 4) is 0 Å². The second-order valence-corrected chi connectivity index (χ2v) is 10.2. The lowest BCUT2D eigenvalue weighted by molar-refractivity contribution is -0.261. The summed E-state index contributed by atoms with van der Waals surface area (Å²) in [5.74, 6) is 0. The monoisotopic (exact) mass is 323 g/mol. The van der Waals surface area contributed by atoms with E-state index in [2.05, 4.69) is 25.7 Å². The SMILES string of the molecule is CCC([SiH3])(OC)N(C([SiH3])(CC)OC)C([SiH3])(CC)OC. The molecule has 0 aromatic carbocycles. The molecule has 116 valence electrons. The maximum absolute atomic E-state index is 5.92. The van der Waals surface area contributed by atoms with Crippen LogP contribution in [0.1, 0.15) is 40.0 Å². The van der Waals surface area contributed by atoms with Gasteiger partial charge in [-0.3, -0.25) is 0 Å². The van der Waals surface area contributed by atoms with E-state index < -0.39 is 0 Å². The van der Waals surface area contributed by atoms with Crippen LogP contribution in [0.4, 0.5) is 0 Å². The van der Waals surface area contributed by atoms with E-state index in [0.29, 0.717) is 0 Å². The molecule has 0 heterocycles. The van der Waals surface area contributed by atoms with Gasteiger partial charge in [0, 0.05) is 21.3 Å². The third kappa shape index (κ3) is 3.78. The Morgan fingerprint density at radius 3 is 1.00 bits per heavy atom. The number of ether oxygens (including phenoxy) is 3. The first kappa shape index (κ1) is 19.5. The molecular weight excluding hydrogens is 290 g/mol.